The molecule has 0 saturated carbocycles. The van der Waals surface area contributed by atoms with Gasteiger partial charge in [0, 0.05) is 7.05 Å². The van der Waals surface area contributed by atoms with Crippen molar-refractivity contribution >= 4 is 12.0 Å². The van der Waals surface area contributed by atoms with Gasteiger partial charge < -0.3 is 20.4 Å². The monoisotopic (exact) mass is 260 g/mol. The third kappa shape index (κ3) is 7.11. The van der Waals surface area contributed by atoms with E-state index in [0.29, 0.717) is 6.42 Å². The molecule has 0 aliphatic heterocycles. The minimum atomic E-state index is -1.05. The Hall–Kier alpha value is -1.30. The van der Waals surface area contributed by atoms with Crippen LogP contribution in [0.2, 0.25) is 0 Å². The Morgan fingerprint density at radius 1 is 1.33 bits per heavy atom. The molecule has 0 fully saturated rings. The molecule has 0 aromatic heterocycles. The Bertz CT molecular complexity index is 297. The van der Waals surface area contributed by atoms with Crippen molar-refractivity contribution < 1.29 is 19.8 Å². The molecule has 0 aromatic rings. The molecule has 3 N–H and O–H groups in total. The number of urea groups is 1. The van der Waals surface area contributed by atoms with E-state index in [4.69, 9.17) is 5.11 Å². The third-order valence-corrected chi connectivity index (χ3v) is 2.27. The summed E-state index contributed by atoms with van der Waals surface area (Å²) in [6.45, 7) is 7.08. The maximum absolute atomic E-state index is 11.8. The van der Waals surface area contributed by atoms with Crippen LogP contribution in [-0.4, -0.2) is 52.3 Å². The van der Waals surface area contributed by atoms with Crippen LogP contribution in [0.4, 0.5) is 4.79 Å². The molecule has 0 bridgehead atoms. The van der Waals surface area contributed by atoms with Gasteiger partial charge in [-0.2, -0.15) is 0 Å². The molecular formula is C12H24N2O4. The smallest absolute Gasteiger partial charge is 0.326 e. The topological polar surface area (TPSA) is 89.9 Å². The zero-order chi connectivity index (χ0) is 14.5. The average Bonchev–Trinajstić information content (AvgIpc) is 2.12. The molecule has 0 spiro atoms. The first-order valence-corrected chi connectivity index (χ1v) is 5.99. The van der Waals surface area contributed by atoms with Gasteiger partial charge >= 0.3 is 12.0 Å². The van der Waals surface area contributed by atoms with Crippen molar-refractivity contribution in [3.8, 4) is 0 Å². The normalized spacial score (nSPS) is 13.3. The lowest BCUT2D eigenvalue weighted by molar-refractivity contribution is -0.139. The minimum absolute atomic E-state index is 0.132. The first-order chi connectivity index (χ1) is 8.03. The van der Waals surface area contributed by atoms with Gasteiger partial charge in [0.05, 0.1) is 12.1 Å². The number of aliphatic carboxylic acids is 1. The number of hydrogen-bond donors (Lipinski definition) is 3. The van der Waals surface area contributed by atoms with Gasteiger partial charge in [0.2, 0.25) is 0 Å². The Balaban J connectivity index is 4.46. The first kappa shape index (κ1) is 16.7. The Morgan fingerprint density at radius 2 is 1.83 bits per heavy atom. The van der Waals surface area contributed by atoms with Gasteiger partial charge in [-0.25, -0.2) is 9.59 Å². The lowest BCUT2D eigenvalue weighted by Gasteiger charge is -2.27. The highest BCUT2D eigenvalue weighted by molar-refractivity contribution is 5.82. The summed E-state index contributed by atoms with van der Waals surface area (Å²) in [5, 5.41) is 21.0. The number of rotatable bonds is 6. The molecule has 0 aliphatic carbocycles. The second-order valence-corrected chi connectivity index (χ2v) is 5.64. The van der Waals surface area contributed by atoms with Crippen LogP contribution in [0.15, 0.2) is 0 Å². The predicted molar refractivity (Wildman–Crippen MR) is 68.3 cm³/mol. The summed E-state index contributed by atoms with van der Waals surface area (Å²) in [5.41, 5.74) is -1.01. The Labute approximate surface area is 108 Å². The standard InChI is InChI=1S/C12H24N2O4/c1-8(2)6-9(10(15)16)13-11(17)14(5)7-12(3,4)18/h8-9,18H,6-7H2,1-5H3,(H,13,17)(H,15,16). The lowest BCUT2D eigenvalue weighted by atomic mass is 10.0. The van der Waals surface area contributed by atoms with Crippen LogP contribution in [0.1, 0.15) is 34.1 Å². The van der Waals surface area contributed by atoms with Crippen LogP contribution in [0.3, 0.4) is 0 Å². The van der Waals surface area contributed by atoms with Crippen LogP contribution < -0.4 is 5.32 Å². The average molecular weight is 260 g/mol. The summed E-state index contributed by atoms with van der Waals surface area (Å²) in [4.78, 5) is 24.0. The van der Waals surface area contributed by atoms with E-state index in [1.54, 1.807) is 13.8 Å². The number of nitrogens with zero attached hydrogens (tertiary/aromatic N) is 1. The summed E-state index contributed by atoms with van der Waals surface area (Å²) < 4.78 is 0. The van der Waals surface area contributed by atoms with Crippen molar-refractivity contribution in [3.63, 3.8) is 0 Å². The molecule has 6 nitrogen and oxygen atoms in total. The summed E-state index contributed by atoms with van der Waals surface area (Å²) in [6, 6.07) is -1.40. The van der Waals surface area contributed by atoms with Crippen molar-refractivity contribution in [2.75, 3.05) is 13.6 Å². The zero-order valence-corrected chi connectivity index (χ0v) is 11.7. The van der Waals surface area contributed by atoms with E-state index in [1.165, 1.54) is 11.9 Å². The number of carbonyl (C=O) groups is 2. The fraction of sp³-hybridized carbons (Fsp3) is 0.833. The Kier molecular flexibility index (Phi) is 6.11. The number of aliphatic hydroxyl groups is 1. The van der Waals surface area contributed by atoms with Crippen molar-refractivity contribution in [2.24, 2.45) is 5.92 Å². The molecule has 18 heavy (non-hydrogen) atoms. The van der Waals surface area contributed by atoms with E-state index in [2.05, 4.69) is 5.32 Å². The number of hydrogen-bond acceptors (Lipinski definition) is 3. The van der Waals surface area contributed by atoms with Crippen LogP contribution in [0.25, 0.3) is 0 Å². The zero-order valence-electron chi connectivity index (χ0n) is 11.7. The molecule has 1 unspecified atom stereocenters. The number of carbonyl (C=O) groups excluding carboxylic acids is 1. The number of amides is 2. The number of likely N-dealkylation sites (N-methyl/N-ethyl adjacent to an activating group) is 1. The molecule has 0 heterocycles. The van der Waals surface area contributed by atoms with E-state index in [9.17, 15) is 14.7 Å². The minimum Gasteiger partial charge on any atom is -0.480 e. The fourth-order valence-corrected chi connectivity index (χ4v) is 1.60. The summed E-state index contributed by atoms with van der Waals surface area (Å²) in [7, 11) is 1.52. The van der Waals surface area contributed by atoms with Crippen LogP contribution in [0, 0.1) is 5.92 Å². The van der Waals surface area contributed by atoms with Gasteiger partial charge in [-0.3, -0.25) is 0 Å². The molecule has 0 rings (SSSR count). The quantitative estimate of drug-likeness (QED) is 0.662. The van der Waals surface area contributed by atoms with Gasteiger partial charge in [-0.05, 0) is 26.2 Å². The summed E-state index contributed by atoms with van der Waals surface area (Å²) in [6.07, 6.45) is 0.372. The SMILES string of the molecule is CC(C)CC(NC(=O)N(C)CC(C)(C)O)C(=O)O. The van der Waals surface area contributed by atoms with Crippen molar-refractivity contribution in [1.82, 2.24) is 10.2 Å². The molecule has 1 atom stereocenters. The van der Waals surface area contributed by atoms with Crippen molar-refractivity contribution in [3.05, 3.63) is 0 Å². The molecule has 6 heteroatoms. The van der Waals surface area contributed by atoms with E-state index < -0.39 is 23.6 Å². The van der Waals surface area contributed by atoms with Gasteiger partial charge in [0.25, 0.3) is 0 Å². The van der Waals surface area contributed by atoms with Crippen molar-refractivity contribution in [2.45, 2.75) is 45.8 Å². The maximum Gasteiger partial charge on any atom is 0.326 e. The molecule has 0 aliphatic rings. The van der Waals surface area contributed by atoms with Gasteiger partial charge in [0.1, 0.15) is 6.04 Å². The van der Waals surface area contributed by atoms with Crippen LogP contribution in [0.5, 0.6) is 0 Å². The van der Waals surface area contributed by atoms with E-state index >= 15 is 0 Å². The molecular weight excluding hydrogens is 236 g/mol. The molecule has 2 amide bonds. The molecule has 0 aromatic carbocycles. The fourth-order valence-electron chi connectivity index (χ4n) is 1.60. The molecule has 0 saturated heterocycles. The predicted octanol–water partition coefficient (Wildman–Crippen LogP) is 0.898. The third-order valence-electron chi connectivity index (χ3n) is 2.27. The maximum atomic E-state index is 11.8. The summed E-state index contributed by atoms with van der Waals surface area (Å²) >= 11 is 0. The van der Waals surface area contributed by atoms with Gasteiger partial charge in [0.15, 0.2) is 0 Å². The van der Waals surface area contributed by atoms with Gasteiger partial charge in [-0.15, -0.1) is 0 Å². The highest BCUT2D eigenvalue weighted by Crippen LogP contribution is 2.07. The number of nitrogens with one attached hydrogen (secondary N) is 1. The Morgan fingerprint density at radius 3 is 2.17 bits per heavy atom. The van der Waals surface area contributed by atoms with Crippen LogP contribution in [-0.2, 0) is 4.79 Å². The number of carboxylic acid groups (broad SMARTS) is 1. The van der Waals surface area contributed by atoms with E-state index in [-0.39, 0.29) is 12.5 Å². The van der Waals surface area contributed by atoms with Crippen molar-refractivity contribution in [1.29, 1.82) is 0 Å². The largest absolute Gasteiger partial charge is 0.480 e. The van der Waals surface area contributed by atoms with Crippen LogP contribution >= 0.6 is 0 Å². The highest BCUT2D eigenvalue weighted by Gasteiger charge is 2.25. The highest BCUT2D eigenvalue weighted by atomic mass is 16.4. The lowest BCUT2D eigenvalue weighted by Crippen LogP contribution is -2.50. The number of carboxylic acids is 1. The van der Waals surface area contributed by atoms with Gasteiger partial charge in [-0.1, -0.05) is 13.8 Å². The van der Waals surface area contributed by atoms with E-state index in [1.807, 2.05) is 13.8 Å². The summed E-state index contributed by atoms with van der Waals surface area (Å²) in [5.74, 6) is -0.875. The second-order valence-electron chi connectivity index (χ2n) is 5.64. The molecule has 0 radical (unpaired) electrons. The molecule has 106 valence electrons. The first-order valence-electron chi connectivity index (χ1n) is 5.99. The van der Waals surface area contributed by atoms with E-state index in [0.717, 1.165) is 0 Å². The second kappa shape index (κ2) is 6.58.